The molecule has 4 heteroatoms. The van der Waals surface area contributed by atoms with Gasteiger partial charge in [0.15, 0.2) is 0 Å². The number of hydrogen-bond acceptors (Lipinski definition) is 3. The van der Waals surface area contributed by atoms with Crippen molar-refractivity contribution >= 4 is 12.0 Å². The van der Waals surface area contributed by atoms with Crippen molar-refractivity contribution in [3.8, 4) is 0 Å². The lowest BCUT2D eigenvalue weighted by Crippen LogP contribution is -2.39. The topological polar surface area (TPSA) is 46.6 Å². The van der Waals surface area contributed by atoms with Crippen molar-refractivity contribution in [2.24, 2.45) is 5.92 Å². The van der Waals surface area contributed by atoms with Gasteiger partial charge in [-0.15, -0.1) is 0 Å². The third-order valence-electron chi connectivity index (χ3n) is 3.29. The molecule has 0 N–H and O–H groups in total. The van der Waals surface area contributed by atoms with Crippen molar-refractivity contribution in [1.82, 2.24) is 4.90 Å². The molecule has 1 aliphatic heterocycles. The van der Waals surface area contributed by atoms with Crippen LogP contribution in [0.2, 0.25) is 0 Å². The number of hydrogen-bond donors (Lipinski definition) is 0. The second-order valence-corrected chi connectivity index (χ2v) is 6.00. The first-order valence-electron chi connectivity index (χ1n) is 6.11. The molecule has 2 rings (SSSR count). The van der Waals surface area contributed by atoms with Crippen LogP contribution in [0, 0.1) is 5.92 Å². The van der Waals surface area contributed by atoms with Crippen LogP contribution in [0.4, 0.5) is 4.79 Å². The minimum Gasteiger partial charge on any atom is -0.444 e. The smallest absolute Gasteiger partial charge is 0.410 e. The molecule has 4 nitrogen and oxygen atoms in total. The quantitative estimate of drug-likeness (QED) is 0.606. The number of carbonyl (C=O) groups excluding carboxylic acids is 2. The number of carbonyl (C=O) groups is 1. The van der Waals surface area contributed by atoms with E-state index in [1.807, 2.05) is 26.7 Å². The molecule has 0 aromatic heterocycles. The van der Waals surface area contributed by atoms with Crippen LogP contribution >= 0.6 is 0 Å². The Balaban J connectivity index is 2.05. The number of nitrogens with zero attached hydrogens (tertiary/aromatic N) is 1. The van der Waals surface area contributed by atoms with Gasteiger partial charge in [0.05, 0.1) is 0 Å². The van der Waals surface area contributed by atoms with Crippen molar-refractivity contribution in [3.05, 3.63) is 5.57 Å². The van der Waals surface area contributed by atoms with Crippen LogP contribution in [0.15, 0.2) is 5.57 Å². The van der Waals surface area contributed by atoms with Crippen molar-refractivity contribution in [3.63, 3.8) is 0 Å². The highest BCUT2D eigenvalue weighted by Crippen LogP contribution is 2.38. The Bertz CT molecular complexity index is 377. The monoisotopic (exact) mass is 237 g/mol. The fourth-order valence-corrected chi connectivity index (χ4v) is 2.70. The number of rotatable bonds is 0. The SMILES string of the molecule is CC(C)(C)OC(=O)N1CC2CC(=C=O)CC1C2. The largest absolute Gasteiger partial charge is 0.444 e. The summed E-state index contributed by atoms with van der Waals surface area (Å²) in [4.78, 5) is 24.5. The van der Waals surface area contributed by atoms with Crippen LogP contribution in [-0.2, 0) is 9.53 Å². The van der Waals surface area contributed by atoms with Gasteiger partial charge in [0.2, 0.25) is 0 Å². The summed E-state index contributed by atoms with van der Waals surface area (Å²) in [6.07, 6.45) is 2.19. The van der Waals surface area contributed by atoms with Gasteiger partial charge in [-0.3, -0.25) is 0 Å². The second-order valence-electron chi connectivity index (χ2n) is 6.00. The van der Waals surface area contributed by atoms with Crippen LogP contribution in [0.5, 0.6) is 0 Å². The number of ether oxygens (including phenoxy) is 1. The molecule has 17 heavy (non-hydrogen) atoms. The van der Waals surface area contributed by atoms with Gasteiger partial charge in [-0.05, 0) is 46.0 Å². The fraction of sp³-hybridized carbons (Fsp3) is 0.769. The number of fused-ring (bicyclic) bond motifs is 2. The average molecular weight is 237 g/mol. The molecule has 0 aromatic rings. The van der Waals surface area contributed by atoms with Crippen LogP contribution in [0.1, 0.15) is 40.0 Å². The third-order valence-corrected chi connectivity index (χ3v) is 3.29. The van der Waals surface area contributed by atoms with Crippen molar-refractivity contribution in [2.75, 3.05) is 6.54 Å². The molecule has 1 saturated heterocycles. The first-order chi connectivity index (χ1) is 7.89. The van der Waals surface area contributed by atoms with E-state index in [0.717, 1.165) is 18.4 Å². The van der Waals surface area contributed by atoms with Gasteiger partial charge in [0, 0.05) is 18.2 Å². The molecule has 2 atom stereocenters. The van der Waals surface area contributed by atoms with Gasteiger partial charge in [0.1, 0.15) is 11.5 Å². The number of likely N-dealkylation sites (tertiary alicyclic amines) is 1. The molecule has 94 valence electrons. The first-order valence-corrected chi connectivity index (χ1v) is 6.11. The van der Waals surface area contributed by atoms with Crippen LogP contribution in [0.25, 0.3) is 0 Å². The van der Waals surface area contributed by atoms with Gasteiger partial charge in [0.25, 0.3) is 0 Å². The van der Waals surface area contributed by atoms with E-state index in [1.165, 1.54) is 0 Å². The summed E-state index contributed by atoms with van der Waals surface area (Å²) in [6.45, 7) is 6.31. The normalized spacial score (nSPS) is 27.9. The summed E-state index contributed by atoms with van der Waals surface area (Å²) in [7, 11) is 0. The lowest BCUT2D eigenvalue weighted by atomic mass is 9.87. The van der Waals surface area contributed by atoms with E-state index < -0.39 is 5.60 Å². The molecule has 1 heterocycles. The highest BCUT2D eigenvalue weighted by Gasteiger charge is 2.41. The minimum absolute atomic E-state index is 0.139. The molecule has 2 unspecified atom stereocenters. The number of amides is 1. The zero-order chi connectivity index (χ0) is 12.6. The molecule has 2 fully saturated rings. The van der Waals surface area contributed by atoms with Gasteiger partial charge in [-0.2, -0.15) is 0 Å². The van der Waals surface area contributed by atoms with E-state index in [-0.39, 0.29) is 12.1 Å². The average Bonchev–Trinajstić information content (AvgIpc) is 2.51. The van der Waals surface area contributed by atoms with Crippen LogP contribution < -0.4 is 0 Å². The maximum absolute atomic E-state index is 12.0. The second kappa shape index (κ2) is 4.19. The van der Waals surface area contributed by atoms with E-state index >= 15 is 0 Å². The Kier molecular flexibility index (Phi) is 3.00. The maximum Gasteiger partial charge on any atom is 0.410 e. The zero-order valence-corrected chi connectivity index (χ0v) is 10.7. The molecule has 1 saturated carbocycles. The highest BCUT2D eigenvalue weighted by molar-refractivity contribution is 5.69. The summed E-state index contributed by atoms with van der Waals surface area (Å²) in [5.74, 6) is 2.41. The Morgan fingerprint density at radius 2 is 2.12 bits per heavy atom. The zero-order valence-electron chi connectivity index (χ0n) is 10.7. The standard InChI is InChI=1S/C13H19NO3/c1-13(2,3)17-12(16)14-7-9-4-10(8-15)6-11(14)5-9/h9,11H,4-7H2,1-3H3. The molecule has 0 spiro atoms. The molecule has 1 aliphatic carbocycles. The van der Waals surface area contributed by atoms with Gasteiger partial charge >= 0.3 is 6.09 Å². The van der Waals surface area contributed by atoms with E-state index in [1.54, 1.807) is 4.90 Å². The van der Waals surface area contributed by atoms with E-state index in [4.69, 9.17) is 4.74 Å². The summed E-state index contributed by atoms with van der Waals surface area (Å²) in [6, 6.07) is 0.139. The van der Waals surface area contributed by atoms with Crippen molar-refractivity contribution in [1.29, 1.82) is 0 Å². The lowest BCUT2D eigenvalue weighted by Gasteiger charge is -2.28. The highest BCUT2D eigenvalue weighted by atomic mass is 16.6. The summed E-state index contributed by atoms with van der Waals surface area (Å²) in [5, 5.41) is 0. The molecule has 0 aromatic carbocycles. The molecular formula is C13H19NO3. The predicted octanol–water partition coefficient (Wildman–Crippen LogP) is 2.16. The van der Waals surface area contributed by atoms with E-state index in [9.17, 15) is 9.59 Å². The Hall–Kier alpha value is -1.28. The molecule has 1 amide bonds. The van der Waals surface area contributed by atoms with Gasteiger partial charge in [-0.25, -0.2) is 9.59 Å². The van der Waals surface area contributed by atoms with Crippen molar-refractivity contribution in [2.45, 2.75) is 51.7 Å². The summed E-state index contributed by atoms with van der Waals surface area (Å²) < 4.78 is 5.38. The minimum atomic E-state index is -0.461. The van der Waals surface area contributed by atoms with Crippen LogP contribution in [0.3, 0.4) is 0 Å². The summed E-state index contributed by atoms with van der Waals surface area (Å²) >= 11 is 0. The van der Waals surface area contributed by atoms with Crippen molar-refractivity contribution < 1.29 is 14.3 Å². The first kappa shape index (κ1) is 12.2. The Labute approximate surface area is 102 Å². The maximum atomic E-state index is 12.0. The molecule has 0 radical (unpaired) electrons. The third kappa shape index (κ3) is 2.70. The molecular weight excluding hydrogens is 218 g/mol. The van der Waals surface area contributed by atoms with Gasteiger partial charge in [-0.1, -0.05) is 0 Å². The fourth-order valence-electron chi connectivity index (χ4n) is 2.70. The van der Waals surface area contributed by atoms with E-state index in [2.05, 4.69) is 0 Å². The van der Waals surface area contributed by atoms with Crippen LogP contribution in [-0.4, -0.2) is 35.1 Å². The molecule has 2 bridgehead atoms. The molecule has 2 aliphatic rings. The Morgan fingerprint density at radius 1 is 1.41 bits per heavy atom. The van der Waals surface area contributed by atoms with E-state index in [0.29, 0.717) is 18.9 Å². The predicted molar refractivity (Wildman–Crippen MR) is 63.3 cm³/mol. The lowest BCUT2D eigenvalue weighted by molar-refractivity contribution is 0.0228. The summed E-state index contributed by atoms with van der Waals surface area (Å²) in [5.41, 5.74) is 0.356. The Morgan fingerprint density at radius 3 is 2.71 bits per heavy atom. The van der Waals surface area contributed by atoms with Gasteiger partial charge < -0.3 is 9.64 Å².